The summed E-state index contributed by atoms with van der Waals surface area (Å²) >= 11 is 0. The van der Waals surface area contributed by atoms with E-state index >= 15 is 0 Å². The molecule has 0 saturated carbocycles. The van der Waals surface area contributed by atoms with Gasteiger partial charge in [0.2, 0.25) is 0 Å². The molecule has 2 aromatic heterocycles. The van der Waals surface area contributed by atoms with E-state index in [9.17, 15) is 4.79 Å². The Morgan fingerprint density at radius 1 is 1.12 bits per heavy atom. The van der Waals surface area contributed by atoms with Crippen LogP contribution in [0.25, 0.3) is 21.9 Å². The molecule has 1 saturated heterocycles. The maximum absolute atomic E-state index is 12.9. The predicted octanol–water partition coefficient (Wildman–Crippen LogP) is 4.19. The van der Waals surface area contributed by atoms with Crippen molar-refractivity contribution in [2.75, 3.05) is 19.6 Å². The quantitative estimate of drug-likeness (QED) is 0.669. The third kappa shape index (κ3) is 2.33. The third-order valence-electron chi connectivity index (χ3n) is 5.65. The number of carbonyl (C=O) groups excluding carboxylic acids is 1. The number of aromatic amines is 1. The number of nitrogens with one attached hydrogen (secondary N) is 1. The van der Waals surface area contributed by atoms with Crippen molar-refractivity contribution >= 4 is 27.9 Å². The number of carbonyl (C=O) groups is 1. The van der Waals surface area contributed by atoms with Crippen LogP contribution in [0.1, 0.15) is 36.3 Å². The summed E-state index contributed by atoms with van der Waals surface area (Å²) in [5, 5.41) is 2.38. The molecule has 0 bridgehead atoms. The van der Waals surface area contributed by atoms with E-state index in [-0.39, 0.29) is 6.03 Å². The van der Waals surface area contributed by atoms with Gasteiger partial charge in [0, 0.05) is 60.1 Å². The number of furan rings is 1. The Balaban J connectivity index is 1.54. The standard InChI is InChI=1S/C20H23N3O2/c1-13-11-14-18(25-13)6-5-17-19(14)15-12-23(10-7-16(15)21-17)20(24)22-8-3-2-4-9-22/h5-6,11,21H,2-4,7-10,12H2,1H3. The number of hydrogen-bond donors (Lipinski definition) is 1. The van der Waals surface area contributed by atoms with Crippen LogP contribution in [0.4, 0.5) is 4.79 Å². The van der Waals surface area contributed by atoms with Crippen LogP contribution in [0.3, 0.4) is 0 Å². The van der Waals surface area contributed by atoms with Gasteiger partial charge < -0.3 is 19.2 Å². The van der Waals surface area contributed by atoms with Gasteiger partial charge in [-0.3, -0.25) is 0 Å². The molecule has 2 aliphatic rings. The molecule has 0 spiro atoms. The van der Waals surface area contributed by atoms with Crippen LogP contribution in [-0.2, 0) is 13.0 Å². The highest BCUT2D eigenvalue weighted by molar-refractivity contribution is 6.07. The highest BCUT2D eigenvalue weighted by atomic mass is 16.3. The number of nitrogens with zero attached hydrogens (tertiary/aromatic N) is 2. The molecule has 0 unspecified atom stereocenters. The summed E-state index contributed by atoms with van der Waals surface area (Å²) in [5.41, 5.74) is 4.60. The van der Waals surface area contributed by atoms with Crippen molar-refractivity contribution in [1.82, 2.24) is 14.8 Å². The van der Waals surface area contributed by atoms with Gasteiger partial charge in [0.15, 0.2) is 0 Å². The lowest BCUT2D eigenvalue weighted by molar-refractivity contribution is 0.139. The second-order valence-electron chi connectivity index (χ2n) is 7.34. The molecule has 130 valence electrons. The maximum atomic E-state index is 12.9. The smallest absolute Gasteiger partial charge is 0.320 e. The first-order chi connectivity index (χ1) is 12.2. The Morgan fingerprint density at radius 2 is 1.96 bits per heavy atom. The predicted molar refractivity (Wildman–Crippen MR) is 97.7 cm³/mol. The molecule has 5 heteroatoms. The second kappa shape index (κ2) is 5.55. The lowest BCUT2D eigenvalue weighted by Gasteiger charge is -2.35. The summed E-state index contributed by atoms with van der Waals surface area (Å²) in [6.45, 7) is 5.27. The van der Waals surface area contributed by atoms with E-state index in [4.69, 9.17) is 4.42 Å². The SMILES string of the molecule is Cc1cc2c(ccc3[nH]c4c(c32)CN(C(=O)N2CCCCC2)CC4)o1. The van der Waals surface area contributed by atoms with Crippen molar-refractivity contribution in [2.24, 2.45) is 0 Å². The Bertz CT molecular complexity index is 962. The number of likely N-dealkylation sites (tertiary alicyclic amines) is 1. The largest absolute Gasteiger partial charge is 0.461 e. The van der Waals surface area contributed by atoms with Crippen molar-refractivity contribution in [3.8, 4) is 0 Å². The van der Waals surface area contributed by atoms with E-state index in [0.29, 0.717) is 6.54 Å². The van der Waals surface area contributed by atoms with Gasteiger partial charge in [-0.25, -0.2) is 4.79 Å². The fourth-order valence-corrected chi connectivity index (χ4v) is 4.41. The fraction of sp³-hybridized carbons (Fsp3) is 0.450. The van der Waals surface area contributed by atoms with Crippen LogP contribution in [0.15, 0.2) is 22.6 Å². The number of amides is 2. The summed E-state index contributed by atoms with van der Waals surface area (Å²) in [6.07, 6.45) is 4.40. The summed E-state index contributed by atoms with van der Waals surface area (Å²) in [7, 11) is 0. The number of aryl methyl sites for hydroxylation is 1. The van der Waals surface area contributed by atoms with E-state index in [1.165, 1.54) is 23.1 Å². The zero-order valence-corrected chi connectivity index (χ0v) is 14.6. The van der Waals surface area contributed by atoms with Gasteiger partial charge >= 0.3 is 6.03 Å². The minimum atomic E-state index is 0.204. The minimum Gasteiger partial charge on any atom is -0.461 e. The first-order valence-corrected chi connectivity index (χ1v) is 9.27. The number of aromatic nitrogens is 1. The average molecular weight is 337 g/mol. The van der Waals surface area contributed by atoms with E-state index in [1.807, 2.05) is 22.8 Å². The Kier molecular flexibility index (Phi) is 3.30. The molecule has 25 heavy (non-hydrogen) atoms. The van der Waals surface area contributed by atoms with Gasteiger partial charge in [0.25, 0.3) is 0 Å². The summed E-state index contributed by atoms with van der Waals surface area (Å²) in [6, 6.07) is 6.44. The van der Waals surface area contributed by atoms with Crippen LogP contribution < -0.4 is 0 Å². The number of fused-ring (bicyclic) bond motifs is 5. The average Bonchev–Trinajstić information content (AvgIpc) is 3.20. The van der Waals surface area contributed by atoms with Gasteiger partial charge in [-0.15, -0.1) is 0 Å². The van der Waals surface area contributed by atoms with Crippen molar-refractivity contribution in [3.63, 3.8) is 0 Å². The zero-order chi connectivity index (χ0) is 17.0. The number of piperidine rings is 1. The van der Waals surface area contributed by atoms with Crippen molar-refractivity contribution in [2.45, 2.75) is 39.2 Å². The molecular formula is C20H23N3O2. The summed E-state index contributed by atoms with van der Waals surface area (Å²) < 4.78 is 5.80. The lowest BCUT2D eigenvalue weighted by Crippen LogP contribution is -2.47. The molecule has 4 heterocycles. The van der Waals surface area contributed by atoms with E-state index < -0.39 is 0 Å². The highest BCUT2D eigenvalue weighted by Crippen LogP contribution is 2.35. The molecule has 1 fully saturated rings. The topological polar surface area (TPSA) is 52.5 Å². The maximum Gasteiger partial charge on any atom is 0.320 e. The number of H-pyrrole nitrogens is 1. The van der Waals surface area contributed by atoms with Gasteiger partial charge in [-0.05, 0) is 44.4 Å². The van der Waals surface area contributed by atoms with Crippen molar-refractivity contribution in [3.05, 3.63) is 35.2 Å². The van der Waals surface area contributed by atoms with Crippen LogP contribution >= 0.6 is 0 Å². The monoisotopic (exact) mass is 337 g/mol. The third-order valence-corrected chi connectivity index (χ3v) is 5.65. The zero-order valence-electron chi connectivity index (χ0n) is 14.6. The second-order valence-corrected chi connectivity index (χ2v) is 7.34. The highest BCUT2D eigenvalue weighted by Gasteiger charge is 2.28. The number of urea groups is 1. The van der Waals surface area contributed by atoms with Crippen LogP contribution in [0, 0.1) is 6.92 Å². The minimum absolute atomic E-state index is 0.204. The van der Waals surface area contributed by atoms with Gasteiger partial charge in [0.05, 0.1) is 0 Å². The van der Waals surface area contributed by atoms with E-state index in [0.717, 1.165) is 61.1 Å². The molecule has 3 aromatic rings. The molecular weight excluding hydrogens is 314 g/mol. The Labute approximate surface area is 146 Å². The van der Waals surface area contributed by atoms with Crippen LogP contribution in [-0.4, -0.2) is 40.4 Å². The molecule has 5 nitrogen and oxygen atoms in total. The molecule has 0 radical (unpaired) electrons. The summed E-state index contributed by atoms with van der Waals surface area (Å²) in [5.74, 6) is 0.925. The number of hydrogen-bond acceptors (Lipinski definition) is 2. The molecule has 2 aliphatic heterocycles. The van der Waals surface area contributed by atoms with Gasteiger partial charge in [-0.2, -0.15) is 0 Å². The Hall–Kier alpha value is -2.43. The fourth-order valence-electron chi connectivity index (χ4n) is 4.41. The molecule has 1 N–H and O–H groups in total. The van der Waals surface area contributed by atoms with Gasteiger partial charge in [0.1, 0.15) is 11.3 Å². The van der Waals surface area contributed by atoms with Gasteiger partial charge in [-0.1, -0.05) is 0 Å². The Morgan fingerprint density at radius 3 is 2.80 bits per heavy atom. The number of benzene rings is 1. The van der Waals surface area contributed by atoms with Crippen molar-refractivity contribution in [1.29, 1.82) is 0 Å². The molecule has 1 aromatic carbocycles. The molecule has 2 amide bonds. The van der Waals surface area contributed by atoms with E-state index in [2.05, 4.69) is 17.1 Å². The number of rotatable bonds is 0. The molecule has 0 atom stereocenters. The molecule has 5 rings (SSSR count). The molecule has 0 aliphatic carbocycles. The van der Waals surface area contributed by atoms with Crippen LogP contribution in [0.5, 0.6) is 0 Å². The first-order valence-electron chi connectivity index (χ1n) is 9.27. The van der Waals surface area contributed by atoms with E-state index in [1.54, 1.807) is 0 Å². The van der Waals surface area contributed by atoms with Crippen molar-refractivity contribution < 1.29 is 9.21 Å². The normalized spacial score (nSPS) is 18.1. The van der Waals surface area contributed by atoms with Crippen LogP contribution in [0.2, 0.25) is 0 Å². The lowest BCUT2D eigenvalue weighted by atomic mass is 10.0. The summed E-state index contributed by atoms with van der Waals surface area (Å²) in [4.78, 5) is 20.5. The first kappa shape index (κ1) is 14.9.